The minimum Gasteiger partial charge on any atom is -0.493 e. The normalized spacial score (nSPS) is 10.7. The number of rotatable bonds is 12. The first-order valence-corrected chi connectivity index (χ1v) is 11.7. The number of esters is 1. The summed E-state index contributed by atoms with van der Waals surface area (Å²) >= 11 is 0. The summed E-state index contributed by atoms with van der Waals surface area (Å²) < 4.78 is 16.6. The summed E-state index contributed by atoms with van der Waals surface area (Å²) in [6.07, 6.45) is 6.10. The predicted octanol–water partition coefficient (Wildman–Crippen LogP) is 6.27. The topological polar surface area (TPSA) is 73.9 Å². The van der Waals surface area contributed by atoms with Gasteiger partial charge in [0.2, 0.25) is 5.91 Å². The zero-order valence-electron chi connectivity index (χ0n) is 20.2. The van der Waals surface area contributed by atoms with Crippen molar-refractivity contribution in [2.75, 3.05) is 19.0 Å². The minimum absolute atomic E-state index is 0.289. The van der Waals surface area contributed by atoms with Gasteiger partial charge in [0.15, 0.2) is 11.5 Å². The molecule has 3 rings (SSSR count). The first-order chi connectivity index (χ1) is 17.1. The van der Waals surface area contributed by atoms with Gasteiger partial charge in [-0.25, -0.2) is 4.79 Å². The van der Waals surface area contributed by atoms with Crippen LogP contribution in [0, 0.1) is 0 Å². The first-order valence-electron chi connectivity index (χ1n) is 11.7. The van der Waals surface area contributed by atoms with Gasteiger partial charge in [-0.1, -0.05) is 56.2 Å². The number of carbonyl (C=O) groups is 2. The molecule has 182 valence electrons. The Labute approximate surface area is 206 Å². The second-order valence-corrected chi connectivity index (χ2v) is 7.93. The van der Waals surface area contributed by atoms with Gasteiger partial charge in [0.1, 0.15) is 6.61 Å². The molecule has 6 heteroatoms. The van der Waals surface area contributed by atoms with Crippen LogP contribution in [-0.4, -0.2) is 25.6 Å². The van der Waals surface area contributed by atoms with Crippen LogP contribution in [0.25, 0.3) is 6.08 Å². The molecule has 0 aliphatic heterocycles. The average molecular weight is 474 g/mol. The van der Waals surface area contributed by atoms with Gasteiger partial charge in [-0.05, 0) is 60.0 Å². The number of hydrogen-bond donors (Lipinski definition) is 1. The minimum atomic E-state index is -0.357. The van der Waals surface area contributed by atoms with E-state index in [1.54, 1.807) is 37.5 Å². The Kier molecular flexibility index (Phi) is 9.93. The lowest BCUT2D eigenvalue weighted by Crippen LogP contribution is -2.09. The monoisotopic (exact) mass is 473 g/mol. The van der Waals surface area contributed by atoms with Gasteiger partial charge >= 0.3 is 5.97 Å². The molecule has 35 heavy (non-hydrogen) atoms. The fourth-order valence-corrected chi connectivity index (χ4v) is 3.29. The van der Waals surface area contributed by atoms with Crippen LogP contribution in [0.2, 0.25) is 0 Å². The molecule has 1 amide bonds. The number of unbranched alkanes of at least 4 members (excludes halogenated alkanes) is 2. The lowest BCUT2D eigenvalue weighted by molar-refractivity contribution is -0.111. The van der Waals surface area contributed by atoms with Crippen molar-refractivity contribution in [2.45, 2.75) is 32.8 Å². The molecule has 0 aliphatic carbocycles. The van der Waals surface area contributed by atoms with Gasteiger partial charge in [-0.15, -0.1) is 0 Å². The Balaban J connectivity index is 1.52. The highest BCUT2D eigenvalue weighted by molar-refractivity contribution is 6.02. The molecule has 0 bridgehead atoms. The molecular weight excluding hydrogens is 442 g/mol. The predicted molar refractivity (Wildman–Crippen MR) is 138 cm³/mol. The third kappa shape index (κ3) is 8.34. The summed E-state index contributed by atoms with van der Waals surface area (Å²) in [4.78, 5) is 24.4. The van der Waals surface area contributed by atoms with E-state index in [2.05, 4.69) is 12.2 Å². The van der Waals surface area contributed by atoms with Crippen molar-refractivity contribution in [3.63, 3.8) is 0 Å². The fourth-order valence-electron chi connectivity index (χ4n) is 3.29. The lowest BCUT2D eigenvalue weighted by atomic mass is 10.1. The van der Waals surface area contributed by atoms with E-state index >= 15 is 0 Å². The van der Waals surface area contributed by atoms with Crippen LogP contribution in [0.3, 0.4) is 0 Å². The van der Waals surface area contributed by atoms with E-state index in [1.807, 2.05) is 48.5 Å². The van der Waals surface area contributed by atoms with E-state index in [-0.39, 0.29) is 11.9 Å². The number of nitrogens with one attached hydrogen (secondary N) is 1. The van der Waals surface area contributed by atoms with Crippen molar-refractivity contribution in [3.8, 4) is 11.5 Å². The Morgan fingerprint density at radius 3 is 2.40 bits per heavy atom. The lowest BCUT2D eigenvalue weighted by Gasteiger charge is -2.11. The summed E-state index contributed by atoms with van der Waals surface area (Å²) in [5.74, 6) is 0.565. The molecule has 0 saturated heterocycles. The zero-order valence-corrected chi connectivity index (χ0v) is 20.2. The van der Waals surface area contributed by atoms with E-state index in [0.29, 0.717) is 36.0 Å². The highest BCUT2D eigenvalue weighted by Crippen LogP contribution is 2.29. The SMILES string of the molecule is CCCCCOC(=O)c1ccc(NC(=O)/C=C/c2ccc(OCc3ccccc3)c(OC)c2)cc1. The number of amides is 1. The molecule has 0 aliphatic rings. The highest BCUT2D eigenvalue weighted by Gasteiger charge is 2.08. The molecule has 3 aromatic carbocycles. The third-order valence-electron chi connectivity index (χ3n) is 5.22. The van der Waals surface area contributed by atoms with Gasteiger partial charge in [0.25, 0.3) is 0 Å². The van der Waals surface area contributed by atoms with Crippen LogP contribution in [0.1, 0.15) is 47.7 Å². The van der Waals surface area contributed by atoms with Gasteiger partial charge < -0.3 is 19.5 Å². The van der Waals surface area contributed by atoms with Crippen molar-refractivity contribution in [2.24, 2.45) is 0 Å². The van der Waals surface area contributed by atoms with Crippen LogP contribution in [-0.2, 0) is 16.1 Å². The molecule has 1 N–H and O–H groups in total. The van der Waals surface area contributed by atoms with E-state index in [9.17, 15) is 9.59 Å². The van der Waals surface area contributed by atoms with Gasteiger partial charge in [0.05, 0.1) is 19.3 Å². The molecule has 0 radical (unpaired) electrons. The second-order valence-electron chi connectivity index (χ2n) is 7.93. The summed E-state index contributed by atoms with van der Waals surface area (Å²) in [6, 6.07) is 22.0. The number of benzene rings is 3. The number of carbonyl (C=O) groups excluding carboxylic acids is 2. The molecular formula is C29H31NO5. The molecule has 6 nitrogen and oxygen atoms in total. The summed E-state index contributed by atoms with van der Waals surface area (Å²) in [5.41, 5.74) is 2.90. The second kappa shape index (κ2) is 13.6. The molecule has 0 atom stereocenters. The van der Waals surface area contributed by atoms with Crippen LogP contribution < -0.4 is 14.8 Å². The molecule has 0 unspecified atom stereocenters. The van der Waals surface area contributed by atoms with Gasteiger partial charge in [-0.2, -0.15) is 0 Å². The maximum Gasteiger partial charge on any atom is 0.338 e. The smallest absolute Gasteiger partial charge is 0.338 e. The zero-order chi connectivity index (χ0) is 24.9. The molecule has 3 aromatic rings. The van der Waals surface area contributed by atoms with Crippen molar-refractivity contribution >= 4 is 23.6 Å². The Morgan fingerprint density at radius 1 is 0.914 bits per heavy atom. The molecule has 0 spiro atoms. The molecule has 0 fully saturated rings. The molecule has 0 saturated carbocycles. The maximum atomic E-state index is 12.3. The number of hydrogen-bond acceptors (Lipinski definition) is 5. The average Bonchev–Trinajstić information content (AvgIpc) is 2.90. The standard InChI is InChI=1S/C29H31NO5/c1-3-4-8-19-34-29(32)24-13-15-25(16-14-24)30-28(31)18-12-22-11-17-26(27(20-22)33-2)35-21-23-9-6-5-7-10-23/h5-7,9-18,20H,3-4,8,19,21H2,1-2H3,(H,30,31)/b18-12+. The summed E-state index contributed by atoms with van der Waals surface area (Å²) in [7, 11) is 1.58. The van der Waals surface area contributed by atoms with Crippen LogP contribution >= 0.6 is 0 Å². The summed E-state index contributed by atoms with van der Waals surface area (Å²) in [6.45, 7) is 2.95. The third-order valence-corrected chi connectivity index (χ3v) is 5.22. The van der Waals surface area contributed by atoms with Crippen LogP contribution in [0.15, 0.2) is 78.9 Å². The summed E-state index contributed by atoms with van der Waals surface area (Å²) in [5, 5.41) is 2.78. The van der Waals surface area contributed by atoms with Crippen molar-refractivity contribution in [1.82, 2.24) is 0 Å². The Bertz CT molecular complexity index is 1120. The fraction of sp³-hybridized carbons (Fsp3) is 0.241. The largest absolute Gasteiger partial charge is 0.493 e. The van der Waals surface area contributed by atoms with Gasteiger partial charge in [0, 0.05) is 11.8 Å². The highest BCUT2D eigenvalue weighted by atomic mass is 16.5. The number of methoxy groups -OCH3 is 1. The van der Waals surface area contributed by atoms with E-state index < -0.39 is 0 Å². The van der Waals surface area contributed by atoms with Crippen molar-refractivity contribution in [3.05, 3.63) is 95.6 Å². The van der Waals surface area contributed by atoms with Crippen LogP contribution in [0.4, 0.5) is 5.69 Å². The van der Waals surface area contributed by atoms with E-state index in [4.69, 9.17) is 14.2 Å². The van der Waals surface area contributed by atoms with E-state index in [1.165, 1.54) is 6.08 Å². The maximum absolute atomic E-state index is 12.3. The first kappa shape index (κ1) is 25.6. The van der Waals surface area contributed by atoms with Crippen LogP contribution in [0.5, 0.6) is 11.5 Å². The van der Waals surface area contributed by atoms with Crippen molar-refractivity contribution < 1.29 is 23.8 Å². The Morgan fingerprint density at radius 2 is 1.69 bits per heavy atom. The molecule has 0 aromatic heterocycles. The van der Waals surface area contributed by atoms with Crippen molar-refractivity contribution in [1.29, 1.82) is 0 Å². The van der Waals surface area contributed by atoms with E-state index in [0.717, 1.165) is 30.4 Å². The number of anilines is 1. The number of ether oxygens (including phenoxy) is 3. The Hall–Kier alpha value is -4.06. The van der Waals surface area contributed by atoms with Gasteiger partial charge in [-0.3, -0.25) is 4.79 Å². The quantitative estimate of drug-likeness (QED) is 0.191. The molecule has 0 heterocycles.